The van der Waals surface area contributed by atoms with Gasteiger partial charge in [-0.2, -0.15) is 0 Å². The third-order valence-corrected chi connectivity index (χ3v) is 11.9. The first-order chi connectivity index (χ1) is 25.7. The van der Waals surface area contributed by atoms with Gasteiger partial charge in [0.1, 0.15) is 29.6 Å². The van der Waals surface area contributed by atoms with E-state index in [0.717, 1.165) is 70.6 Å². The fraction of sp³-hybridized carbons (Fsp3) is 0.659. The Morgan fingerprint density at radius 2 is 1.59 bits per heavy atom. The number of likely N-dealkylation sites (tertiary alicyclic amines) is 1. The number of nitrogens with zero attached hydrogens (tertiary/aromatic N) is 1. The average molecular weight is 749 g/mol. The molecule has 0 radical (unpaired) electrons. The Labute approximate surface area is 316 Å². The van der Waals surface area contributed by atoms with Crippen LogP contribution in [0.25, 0.3) is 10.9 Å². The number of carbonyl (C=O) groups is 6. The smallest absolute Gasteiger partial charge is 0.289 e. The Hall–Kier alpha value is -4.29. The van der Waals surface area contributed by atoms with Crippen LogP contribution < -0.4 is 21.3 Å². The number of aromatic nitrogens is 1. The number of H-pyrrole nitrogens is 1. The molecule has 0 bridgehead atoms. The zero-order chi connectivity index (χ0) is 38.7. The predicted molar refractivity (Wildman–Crippen MR) is 201 cm³/mol. The standard InChI is InChI=1S/C41H57FN6O6/c1-5-11-29(34(49)39(53)43-27-17-18-27)45-37(51)32-22-24-14-9-10-15-31(24)48(32)40(54)35(41(2,3)4)47-38(52)33(23-12-7-6-8-13-23)46-36(50)30-21-25-20-26(42)16-19-28(25)44-30/h16,19-21,23-24,27,29,31-33,35,44H,5-15,17-18,22H2,1-4H3,(H,43,53)(H,45,51)(H,46,50)(H,47,52)/t24?,29?,31?,32-,33?,35+/m0/s1. The van der Waals surface area contributed by atoms with Crippen LogP contribution in [0.3, 0.4) is 0 Å². The summed E-state index contributed by atoms with van der Waals surface area (Å²) in [7, 11) is 0. The van der Waals surface area contributed by atoms with E-state index in [1.54, 1.807) is 17.0 Å². The third-order valence-electron chi connectivity index (χ3n) is 11.9. The molecule has 2 heterocycles. The number of halogens is 1. The molecular formula is C41H57FN6O6. The van der Waals surface area contributed by atoms with Crippen molar-refractivity contribution in [2.45, 2.75) is 154 Å². The molecule has 5 N–H and O–H groups in total. The summed E-state index contributed by atoms with van der Waals surface area (Å²) in [5.74, 6) is -3.67. The van der Waals surface area contributed by atoms with E-state index in [-0.39, 0.29) is 35.5 Å². The van der Waals surface area contributed by atoms with Crippen LogP contribution >= 0.6 is 0 Å². The SMILES string of the molecule is CCCC(NC(=O)[C@@H]1CC2CCCCC2N1C(=O)[C@@H](NC(=O)C(NC(=O)c1cc2cc(F)ccc2[nH]1)C1CCCCC1)C(C)(C)C)C(=O)C(=O)NC1CC1. The lowest BCUT2D eigenvalue weighted by atomic mass is 9.81. The molecule has 1 aliphatic heterocycles. The summed E-state index contributed by atoms with van der Waals surface area (Å²) in [6.07, 6.45) is 10.8. The summed E-state index contributed by atoms with van der Waals surface area (Å²) in [6.45, 7) is 7.48. The van der Waals surface area contributed by atoms with Crippen LogP contribution in [-0.2, 0) is 24.0 Å². The summed E-state index contributed by atoms with van der Waals surface area (Å²) in [4.78, 5) is 87.7. The van der Waals surface area contributed by atoms with E-state index in [0.29, 0.717) is 30.2 Å². The molecule has 3 saturated carbocycles. The molecule has 294 valence electrons. The van der Waals surface area contributed by atoms with Crippen molar-refractivity contribution in [3.63, 3.8) is 0 Å². The van der Waals surface area contributed by atoms with Crippen molar-refractivity contribution >= 4 is 46.2 Å². The van der Waals surface area contributed by atoms with Crippen LogP contribution in [0, 0.1) is 23.1 Å². The summed E-state index contributed by atoms with van der Waals surface area (Å²) in [5.41, 5.74) is 0.0207. The molecule has 1 aromatic heterocycles. The molecular weight excluding hydrogens is 691 g/mol. The minimum Gasteiger partial charge on any atom is -0.351 e. The van der Waals surface area contributed by atoms with Gasteiger partial charge in [0.2, 0.25) is 23.5 Å². The number of amides is 5. The normalized spacial score (nSPS) is 23.5. The van der Waals surface area contributed by atoms with Crippen molar-refractivity contribution in [3.8, 4) is 0 Å². The molecule has 6 rings (SSSR count). The lowest BCUT2D eigenvalue weighted by Gasteiger charge is -2.40. The molecule has 1 saturated heterocycles. The van der Waals surface area contributed by atoms with Gasteiger partial charge in [-0.15, -0.1) is 0 Å². The largest absolute Gasteiger partial charge is 0.351 e. The van der Waals surface area contributed by atoms with Gasteiger partial charge in [-0.1, -0.05) is 66.2 Å². The lowest BCUT2D eigenvalue weighted by Crippen LogP contribution is -2.63. The molecule has 0 spiro atoms. The predicted octanol–water partition coefficient (Wildman–Crippen LogP) is 4.81. The molecule has 6 atom stereocenters. The van der Waals surface area contributed by atoms with Gasteiger partial charge in [-0.05, 0) is 92.9 Å². The Bertz CT molecular complexity index is 1740. The number of rotatable bonds is 13. The van der Waals surface area contributed by atoms with Crippen LogP contribution in [0.2, 0.25) is 0 Å². The molecule has 13 heteroatoms. The first-order valence-corrected chi connectivity index (χ1v) is 20.1. The Morgan fingerprint density at radius 3 is 2.28 bits per heavy atom. The average Bonchev–Trinajstić information content (AvgIpc) is 3.71. The maximum Gasteiger partial charge on any atom is 0.289 e. The van der Waals surface area contributed by atoms with Crippen molar-refractivity contribution < 1.29 is 33.2 Å². The maximum absolute atomic E-state index is 14.9. The molecule has 12 nitrogen and oxygen atoms in total. The topological polar surface area (TPSA) is 170 Å². The van der Waals surface area contributed by atoms with E-state index in [1.807, 2.05) is 27.7 Å². The minimum atomic E-state index is -1.03. The van der Waals surface area contributed by atoms with Crippen LogP contribution in [0.5, 0.6) is 0 Å². The number of aromatic amines is 1. The van der Waals surface area contributed by atoms with Crippen LogP contribution in [0.1, 0.15) is 128 Å². The number of nitrogens with one attached hydrogen (secondary N) is 5. The van der Waals surface area contributed by atoms with E-state index in [4.69, 9.17) is 0 Å². The fourth-order valence-corrected chi connectivity index (χ4v) is 8.82. The summed E-state index contributed by atoms with van der Waals surface area (Å²) < 4.78 is 13.9. The van der Waals surface area contributed by atoms with Gasteiger partial charge in [-0.25, -0.2) is 4.39 Å². The number of benzene rings is 1. The van der Waals surface area contributed by atoms with Crippen LogP contribution in [-0.4, -0.2) is 81.5 Å². The van der Waals surface area contributed by atoms with E-state index >= 15 is 0 Å². The molecule has 5 amide bonds. The van der Waals surface area contributed by atoms with Gasteiger partial charge in [-0.3, -0.25) is 28.8 Å². The first kappa shape index (κ1) is 39.4. The Kier molecular flexibility index (Phi) is 12.1. The highest BCUT2D eigenvalue weighted by Gasteiger charge is 2.51. The number of ketones is 1. The number of hydrogen-bond acceptors (Lipinski definition) is 6. The fourth-order valence-electron chi connectivity index (χ4n) is 8.82. The molecule has 54 heavy (non-hydrogen) atoms. The second kappa shape index (κ2) is 16.6. The van der Waals surface area contributed by atoms with Crippen molar-refractivity contribution in [1.82, 2.24) is 31.2 Å². The lowest BCUT2D eigenvalue weighted by molar-refractivity contribution is -0.147. The minimum absolute atomic E-state index is 0.000567. The highest BCUT2D eigenvalue weighted by Crippen LogP contribution is 2.41. The second-order valence-electron chi connectivity index (χ2n) is 17.1. The van der Waals surface area contributed by atoms with Gasteiger partial charge in [0.15, 0.2) is 0 Å². The molecule has 1 aromatic carbocycles. The van der Waals surface area contributed by atoms with Gasteiger partial charge in [0.05, 0.1) is 6.04 Å². The van der Waals surface area contributed by atoms with Crippen molar-refractivity contribution in [2.24, 2.45) is 17.3 Å². The van der Waals surface area contributed by atoms with Gasteiger partial charge >= 0.3 is 0 Å². The highest BCUT2D eigenvalue weighted by molar-refractivity contribution is 6.38. The van der Waals surface area contributed by atoms with Crippen molar-refractivity contribution in [2.75, 3.05) is 0 Å². The van der Waals surface area contributed by atoms with Crippen molar-refractivity contribution in [3.05, 3.63) is 35.8 Å². The molecule has 3 aliphatic carbocycles. The van der Waals surface area contributed by atoms with Crippen LogP contribution in [0.15, 0.2) is 24.3 Å². The summed E-state index contributed by atoms with van der Waals surface area (Å²) in [5, 5.41) is 12.1. The Morgan fingerprint density at radius 1 is 0.889 bits per heavy atom. The number of Topliss-reactive ketones (excluding diaryl/α,β-unsaturated/α-hetero) is 1. The zero-order valence-electron chi connectivity index (χ0n) is 32.1. The van der Waals surface area contributed by atoms with Gasteiger partial charge in [0.25, 0.3) is 11.8 Å². The van der Waals surface area contributed by atoms with E-state index in [1.165, 1.54) is 12.1 Å². The van der Waals surface area contributed by atoms with E-state index in [9.17, 15) is 33.2 Å². The monoisotopic (exact) mass is 748 g/mol. The molecule has 4 fully saturated rings. The third kappa shape index (κ3) is 8.97. The summed E-state index contributed by atoms with van der Waals surface area (Å²) >= 11 is 0. The van der Waals surface area contributed by atoms with E-state index in [2.05, 4.69) is 26.3 Å². The van der Waals surface area contributed by atoms with Crippen LogP contribution in [0.4, 0.5) is 4.39 Å². The first-order valence-electron chi connectivity index (χ1n) is 20.1. The number of hydrogen-bond donors (Lipinski definition) is 5. The summed E-state index contributed by atoms with van der Waals surface area (Å²) in [6, 6.07) is 1.73. The highest BCUT2D eigenvalue weighted by atomic mass is 19.1. The van der Waals surface area contributed by atoms with E-state index < -0.39 is 64.8 Å². The maximum atomic E-state index is 14.9. The van der Waals surface area contributed by atoms with Gasteiger partial charge < -0.3 is 31.2 Å². The number of carbonyl (C=O) groups excluding carboxylic acids is 6. The quantitative estimate of drug-likeness (QED) is 0.184. The molecule has 2 aromatic rings. The van der Waals surface area contributed by atoms with Crippen molar-refractivity contribution in [1.29, 1.82) is 0 Å². The molecule has 4 unspecified atom stereocenters. The number of fused-ring (bicyclic) bond motifs is 2. The zero-order valence-corrected chi connectivity index (χ0v) is 32.1. The second-order valence-corrected chi connectivity index (χ2v) is 17.1. The Balaban J connectivity index is 1.23. The molecule has 4 aliphatic rings. The van der Waals surface area contributed by atoms with Gasteiger partial charge in [0, 0.05) is 23.0 Å².